The molecule has 0 aliphatic carbocycles. The van der Waals surface area contributed by atoms with Gasteiger partial charge in [0.05, 0.1) is 0 Å². The van der Waals surface area contributed by atoms with E-state index in [0.29, 0.717) is 5.92 Å². The molecular formula is C28H29P. The Morgan fingerprint density at radius 3 is 1.31 bits per heavy atom. The summed E-state index contributed by atoms with van der Waals surface area (Å²) in [6.45, 7) is 4.60. The van der Waals surface area contributed by atoms with E-state index in [0.717, 1.165) is 6.16 Å². The fourth-order valence-electron chi connectivity index (χ4n) is 4.52. The Balaban J connectivity index is 2.01. The van der Waals surface area contributed by atoms with Gasteiger partial charge in [-0.15, -0.1) is 0 Å². The molecule has 0 aliphatic rings. The maximum atomic E-state index is 2.34. The van der Waals surface area contributed by atoms with E-state index in [9.17, 15) is 0 Å². The second kappa shape index (κ2) is 8.76. The van der Waals surface area contributed by atoms with Crippen LogP contribution in [0, 0.1) is 0 Å². The number of rotatable bonds is 6. The van der Waals surface area contributed by atoms with Gasteiger partial charge >= 0.3 is 175 Å². The zero-order valence-corrected chi connectivity index (χ0v) is 18.3. The summed E-state index contributed by atoms with van der Waals surface area (Å²) in [6.07, 6.45) is 1.07. The predicted molar refractivity (Wildman–Crippen MR) is 131 cm³/mol. The minimum atomic E-state index is -2.24. The Hall–Kier alpha value is -2.69. The number of hydrogen-bond acceptors (Lipinski definition) is 0. The maximum absolute atomic E-state index is 2.34. The Morgan fingerprint density at radius 1 is 0.517 bits per heavy atom. The van der Waals surface area contributed by atoms with Crippen molar-refractivity contribution in [2.24, 2.45) is 0 Å². The molecule has 0 saturated heterocycles. The zero-order valence-electron chi connectivity index (χ0n) is 17.3. The van der Waals surface area contributed by atoms with Crippen molar-refractivity contribution in [3.8, 4) is 0 Å². The van der Waals surface area contributed by atoms with E-state index >= 15 is 0 Å². The minimum absolute atomic E-state index is 0.514. The van der Waals surface area contributed by atoms with Crippen LogP contribution in [0.5, 0.6) is 0 Å². The standard InChI is InChI=1S/C28H29P/c1-23(2)28-21-13-12-14-24(28)22-29(25-15-6-3-7-16-25,26-17-8-4-9-18-26)27-19-10-5-11-20-27/h3-21,23,29H,22H2,1-2H3. The molecule has 0 bridgehead atoms. The van der Waals surface area contributed by atoms with Crippen molar-refractivity contribution in [2.45, 2.75) is 25.9 Å². The molecule has 0 atom stereocenters. The summed E-state index contributed by atoms with van der Waals surface area (Å²) in [7, 11) is -2.24. The fraction of sp³-hybridized carbons (Fsp3) is 0.143. The first-order chi connectivity index (χ1) is 14.2. The molecule has 1 heteroatoms. The molecule has 4 aromatic rings. The molecule has 0 radical (unpaired) electrons. The van der Waals surface area contributed by atoms with Crippen molar-refractivity contribution < 1.29 is 0 Å². The molecule has 0 aromatic heterocycles. The second-order valence-corrected chi connectivity index (χ2v) is 11.9. The molecular weight excluding hydrogens is 367 g/mol. The Kier molecular flexibility index (Phi) is 5.93. The number of benzene rings is 4. The molecule has 29 heavy (non-hydrogen) atoms. The fourth-order valence-corrected chi connectivity index (χ4v) is 9.31. The van der Waals surface area contributed by atoms with Gasteiger partial charge in [0.25, 0.3) is 0 Å². The summed E-state index contributed by atoms with van der Waals surface area (Å²) in [5, 5.41) is 4.41. The topological polar surface area (TPSA) is 0 Å². The Bertz CT molecular complexity index is 941. The van der Waals surface area contributed by atoms with Gasteiger partial charge in [0.1, 0.15) is 0 Å². The first-order valence-electron chi connectivity index (χ1n) is 10.5. The molecule has 0 saturated carbocycles. The monoisotopic (exact) mass is 396 g/mol. The first-order valence-corrected chi connectivity index (χ1v) is 12.7. The van der Waals surface area contributed by atoms with Crippen LogP contribution in [-0.4, -0.2) is 0 Å². The van der Waals surface area contributed by atoms with E-state index in [-0.39, 0.29) is 0 Å². The van der Waals surface area contributed by atoms with Crippen LogP contribution >= 0.6 is 7.26 Å². The average molecular weight is 397 g/mol. The average Bonchev–Trinajstić information content (AvgIpc) is 2.79. The molecule has 0 aliphatic heterocycles. The zero-order chi connectivity index (χ0) is 20.1. The quantitative estimate of drug-likeness (QED) is 0.349. The molecule has 4 aromatic carbocycles. The summed E-state index contributed by atoms with van der Waals surface area (Å²) >= 11 is 0. The molecule has 146 valence electrons. The molecule has 0 spiro atoms. The van der Waals surface area contributed by atoms with Gasteiger partial charge in [-0.25, -0.2) is 0 Å². The van der Waals surface area contributed by atoms with Crippen LogP contribution in [0.15, 0.2) is 115 Å². The van der Waals surface area contributed by atoms with Gasteiger partial charge in [0.15, 0.2) is 0 Å². The van der Waals surface area contributed by atoms with Crippen molar-refractivity contribution in [1.29, 1.82) is 0 Å². The van der Waals surface area contributed by atoms with Gasteiger partial charge in [-0.2, -0.15) is 0 Å². The molecule has 0 heterocycles. The van der Waals surface area contributed by atoms with Crippen LogP contribution in [0.25, 0.3) is 0 Å². The molecule has 0 amide bonds. The Morgan fingerprint density at radius 2 is 0.897 bits per heavy atom. The van der Waals surface area contributed by atoms with Crippen molar-refractivity contribution >= 4 is 23.2 Å². The SMILES string of the molecule is CC(C)c1ccccc1C[PH](c1ccccc1)(c1ccccc1)c1ccccc1. The molecule has 0 N–H and O–H groups in total. The molecule has 0 fully saturated rings. The second-order valence-electron chi connectivity index (χ2n) is 8.03. The van der Waals surface area contributed by atoms with Gasteiger partial charge in [-0.1, -0.05) is 0 Å². The Labute approximate surface area is 175 Å². The third-order valence-electron chi connectivity index (χ3n) is 5.93. The van der Waals surface area contributed by atoms with Crippen LogP contribution in [-0.2, 0) is 6.16 Å². The summed E-state index contributed by atoms with van der Waals surface area (Å²) < 4.78 is 0. The molecule has 0 nitrogen and oxygen atoms in total. The van der Waals surface area contributed by atoms with Crippen LogP contribution < -0.4 is 15.9 Å². The van der Waals surface area contributed by atoms with Gasteiger partial charge < -0.3 is 0 Å². The van der Waals surface area contributed by atoms with Gasteiger partial charge in [0.2, 0.25) is 0 Å². The van der Waals surface area contributed by atoms with E-state index < -0.39 is 7.26 Å². The van der Waals surface area contributed by atoms with Crippen LogP contribution in [0.3, 0.4) is 0 Å². The normalized spacial score (nSPS) is 12.1. The van der Waals surface area contributed by atoms with Crippen molar-refractivity contribution in [1.82, 2.24) is 0 Å². The molecule has 4 rings (SSSR count). The van der Waals surface area contributed by atoms with E-state index in [4.69, 9.17) is 0 Å². The van der Waals surface area contributed by atoms with Crippen LogP contribution in [0.2, 0.25) is 0 Å². The van der Waals surface area contributed by atoms with Crippen molar-refractivity contribution in [3.05, 3.63) is 126 Å². The summed E-state index contributed by atoms with van der Waals surface area (Å²) in [5.74, 6) is 0.514. The van der Waals surface area contributed by atoms with E-state index in [2.05, 4.69) is 129 Å². The van der Waals surface area contributed by atoms with Gasteiger partial charge in [0, 0.05) is 0 Å². The predicted octanol–water partition coefficient (Wildman–Crippen LogP) is 6.04. The third-order valence-corrected chi connectivity index (χ3v) is 10.8. The van der Waals surface area contributed by atoms with Crippen molar-refractivity contribution in [2.75, 3.05) is 0 Å². The number of hydrogen-bond donors (Lipinski definition) is 0. The van der Waals surface area contributed by atoms with Gasteiger partial charge in [-0.3, -0.25) is 0 Å². The van der Waals surface area contributed by atoms with Crippen molar-refractivity contribution in [3.63, 3.8) is 0 Å². The van der Waals surface area contributed by atoms with E-state index in [1.165, 1.54) is 27.0 Å². The first kappa shape index (κ1) is 19.6. The van der Waals surface area contributed by atoms with Gasteiger partial charge in [-0.05, 0) is 0 Å². The van der Waals surface area contributed by atoms with E-state index in [1.807, 2.05) is 0 Å². The summed E-state index contributed by atoms with van der Waals surface area (Å²) in [4.78, 5) is 0. The van der Waals surface area contributed by atoms with Crippen LogP contribution in [0.4, 0.5) is 0 Å². The molecule has 0 unspecified atom stereocenters. The van der Waals surface area contributed by atoms with Crippen LogP contribution in [0.1, 0.15) is 30.9 Å². The summed E-state index contributed by atoms with van der Waals surface area (Å²) in [6, 6.07) is 42.6. The third kappa shape index (κ3) is 3.91. The summed E-state index contributed by atoms with van der Waals surface area (Å²) in [5.41, 5.74) is 2.94. The van der Waals surface area contributed by atoms with E-state index in [1.54, 1.807) is 0 Å².